The molecule has 5 rings (SSSR count). The summed E-state index contributed by atoms with van der Waals surface area (Å²) in [6, 6.07) is 12.6. The van der Waals surface area contributed by atoms with E-state index in [1.165, 1.54) is 24.4 Å². The Balaban J connectivity index is 1.39. The number of aryl methyl sites for hydroxylation is 1. The summed E-state index contributed by atoms with van der Waals surface area (Å²) in [6.45, 7) is 1.95. The number of aromatic carboxylic acids is 1. The molecule has 0 aliphatic carbocycles. The monoisotopic (exact) mass is 527 g/mol. The summed E-state index contributed by atoms with van der Waals surface area (Å²) in [5.74, 6) is -2.56. The van der Waals surface area contributed by atoms with Crippen LogP contribution < -0.4 is 16.4 Å². The van der Waals surface area contributed by atoms with E-state index in [2.05, 4.69) is 25.7 Å². The van der Waals surface area contributed by atoms with Gasteiger partial charge < -0.3 is 25.9 Å². The molecule has 0 fully saturated rings. The summed E-state index contributed by atoms with van der Waals surface area (Å²) in [6.07, 6.45) is 1.17. The maximum absolute atomic E-state index is 13.1. The van der Waals surface area contributed by atoms with Gasteiger partial charge in [-0.1, -0.05) is 18.2 Å². The number of hydrogen-bond acceptors (Lipinski definition) is 8. The highest BCUT2D eigenvalue weighted by Gasteiger charge is 2.21. The Bertz CT molecular complexity index is 1770. The van der Waals surface area contributed by atoms with Gasteiger partial charge in [0.2, 0.25) is 0 Å². The number of carboxylic acids is 1. The van der Waals surface area contributed by atoms with E-state index in [1.807, 2.05) is 0 Å². The van der Waals surface area contributed by atoms with Gasteiger partial charge in [-0.2, -0.15) is 5.10 Å². The maximum Gasteiger partial charge on any atom is 0.335 e. The van der Waals surface area contributed by atoms with Crippen LogP contribution >= 0.6 is 0 Å². The Morgan fingerprint density at radius 3 is 2.36 bits per heavy atom. The number of carboxylic acid groups (broad SMARTS) is 1. The van der Waals surface area contributed by atoms with Crippen LogP contribution in [0.1, 0.15) is 58.7 Å². The van der Waals surface area contributed by atoms with E-state index in [-0.39, 0.29) is 41.3 Å². The summed E-state index contributed by atoms with van der Waals surface area (Å²) in [4.78, 5) is 57.6. The Morgan fingerprint density at radius 2 is 1.64 bits per heavy atom. The predicted molar refractivity (Wildman–Crippen MR) is 136 cm³/mol. The molecule has 3 heterocycles. The van der Waals surface area contributed by atoms with Crippen LogP contribution in [-0.4, -0.2) is 48.4 Å². The Morgan fingerprint density at radius 1 is 0.949 bits per heavy atom. The van der Waals surface area contributed by atoms with Gasteiger partial charge in [-0.25, -0.2) is 19.3 Å². The molecule has 0 saturated heterocycles. The van der Waals surface area contributed by atoms with E-state index < -0.39 is 23.7 Å². The van der Waals surface area contributed by atoms with Crippen molar-refractivity contribution in [2.75, 3.05) is 0 Å². The fourth-order valence-electron chi connectivity index (χ4n) is 3.92. The molecule has 39 heavy (non-hydrogen) atoms. The second kappa shape index (κ2) is 10.0. The smallest absolute Gasteiger partial charge is 0.335 e. The van der Waals surface area contributed by atoms with E-state index in [0.29, 0.717) is 22.6 Å². The number of carbonyl (C=O) groups excluding carboxylic acids is 3. The summed E-state index contributed by atoms with van der Waals surface area (Å²) in [5.41, 5.74) is 7.95. The predicted octanol–water partition coefficient (Wildman–Crippen LogP) is 1.84. The topological polar surface area (TPSA) is 195 Å². The lowest BCUT2D eigenvalue weighted by molar-refractivity contribution is 0.0696. The molecule has 196 valence electrons. The lowest BCUT2D eigenvalue weighted by atomic mass is 10.1. The van der Waals surface area contributed by atoms with Crippen molar-refractivity contribution in [1.29, 1.82) is 0 Å². The second-order valence-corrected chi connectivity index (χ2v) is 8.59. The average molecular weight is 527 g/mol. The van der Waals surface area contributed by atoms with Gasteiger partial charge in [0.25, 0.3) is 17.7 Å². The van der Waals surface area contributed by atoms with Crippen molar-refractivity contribution in [3.05, 3.63) is 94.3 Å². The summed E-state index contributed by atoms with van der Waals surface area (Å²) in [5, 5.41) is 18.5. The molecule has 0 aliphatic heterocycles. The minimum absolute atomic E-state index is 0.0504. The van der Waals surface area contributed by atoms with Crippen LogP contribution in [0.4, 0.5) is 0 Å². The first-order valence-corrected chi connectivity index (χ1v) is 11.6. The van der Waals surface area contributed by atoms with Crippen molar-refractivity contribution < 1.29 is 28.7 Å². The highest BCUT2D eigenvalue weighted by atomic mass is 16.4. The molecule has 13 heteroatoms. The molecule has 0 atom stereocenters. The summed E-state index contributed by atoms with van der Waals surface area (Å²) < 4.78 is 6.59. The molecular weight excluding hydrogens is 506 g/mol. The van der Waals surface area contributed by atoms with E-state index in [9.17, 15) is 19.2 Å². The Kier molecular flexibility index (Phi) is 6.46. The number of nitrogens with zero attached hydrogens (tertiary/aromatic N) is 4. The van der Waals surface area contributed by atoms with Crippen LogP contribution in [0.25, 0.3) is 16.7 Å². The fourth-order valence-corrected chi connectivity index (χ4v) is 3.92. The number of benzene rings is 2. The number of rotatable bonds is 8. The van der Waals surface area contributed by atoms with E-state index in [0.717, 1.165) is 10.1 Å². The van der Waals surface area contributed by atoms with E-state index >= 15 is 0 Å². The number of nitrogens with two attached hydrogens (primary N) is 1. The maximum atomic E-state index is 13.1. The quantitative estimate of drug-likeness (QED) is 0.233. The van der Waals surface area contributed by atoms with Crippen LogP contribution in [0, 0.1) is 6.92 Å². The minimum atomic E-state index is -1.06. The fraction of sp³-hybridized carbons (Fsp3) is 0.115. The third-order valence-electron chi connectivity index (χ3n) is 5.87. The lowest BCUT2D eigenvalue weighted by Crippen LogP contribution is -2.28. The third kappa shape index (κ3) is 5.13. The van der Waals surface area contributed by atoms with E-state index in [1.54, 1.807) is 37.3 Å². The molecule has 0 saturated carbocycles. The molecule has 0 aliphatic rings. The van der Waals surface area contributed by atoms with Gasteiger partial charge in [0.15, 0.2) is 17.1 Å². The number of nitrogens with one attached hydrogen (secondary N) is 2. The summed E-state index contributed by atoms with van der Waals surface area (Å²) >= 11 is 0. The zero-order chi connectivity index (χ0) is 27.7. The number of fused-ring (bicyclic) bond motifs is 2. The zero-order valence-electron chi connectivity index (χ0n) is 20.5. The number of aromatic nitrogens is 4. The first-order chi connectivity index (χ1) is 18.7. The number of oxazole rings is 1. The first kappa shape index (κ1) is 25.1. The van der Waals surface area contributed by atoms with Crippen LogP contribution in [0.3, 0.4) is 0 Å². The SMILES string of the molecule is Cc1nc2cc(CNC(=O)c3cc(C(=O)NCc4ccc(C(=O)O)cc4)n4ncc(C(N)=O)c4n3)ccc2o1. The van der Waals surface area contributed by atoms with Crippen molar-refractivity contribution >= 4 is 40.4 Å². The van der Waals surface area contributed by atoms with Gasteiger partial charge in [0.1, 0.15) is 22.5 Å². The first-order valence-electron chi connectivity index (χ1n) is 11.6. The number of hydrogen-bond donors (Lipinski definition) is 4. The molecule has 2 aromatic carbocycles. The molecule has 3 aromatic heterocycles. The highest BCUT2D eigenvalue weighted by molar-refractivity contribution is 6.02. The molecule has 5 N–H and O–H groups in total. The Hall–Kier alpha value is -5.59. The van der Waals surface area contributed by atoms with Crippen molar-refractivity contribution in [1.82, 2.24) is 30.2 Å². The van der Waals surface area contributed by atoms with Gasteiger partial charge in [0, 0.05) is 26.1 Å². The molecule has 0 unspecified atom stereocenters. The number of carbonyl (C=O) groups is 4. The van der Waals surface area contributed by atoms with Crippen molar-refractivity contribution in [2.45, 2.75) is 20.0 Å². The van der Waals surface area contributed by atoms with Gasteiger partial charge in [-0.15, -0.1) is 0 Å². The summed E-state index contributed by atoms with van der Waals surface area (Å²) in [7, 11) is 0. The van der Waals surface area contributed by atoms with Gasteiger partial charge in [-0.3, -0.25) is 14.4 Å². The van der Waals surface area contributed by atoms with E-state index in [4.69, 9.17) is 15.3 Å². The largest absolute Gasteiger partial charge is 0.478 e. The van der Waals surface area contributed by atoms with Crippen LogP contribution in [-0.2, 0) is 13.1 Å². The standard InChI is InChI=1S/C26H21N7O6/c1-13-31-18-8-15(4-7-21(18)39-13)11-28-24(35)19-9-20(33-23(32-19)17(12-30-33)22(27)34)25(36)29-10-14-2-5-16(6-3-14)26(37)38/h2-9,12H,10-11H2,1H3,(H2,27,34)(H,28,35)(H,29,36)(H,37,38). The van der Waals surface area contributed by atoms with Gasteiger partial charge in [-0.05, 0) is 35.4 Å². The molecule has 3 amide bonds. The third-order valence-corrected chi connectivity index (χ3v) is 5.87. The Labute approximate surface area is 219 Å². The molecule has 5 aromatic rings. The van der Waals surface area contributed by atoms with Crippen LogP contribution in [0.5, 0.6) is 0 Å². The van der Waals surface area contributed by atoms with Gasteiger partial charge >= 0.3 is 5.97 Å². The number of primary amides is 1. The molecule has 0 spiro atoms. The second-order valence-electron chi connectivity index (χ2n) is 8.59. The van der Waals surface area contributed by atoms with Gasteiger partial charge in [0.05, 0.1) is 11.8 Å². The lowest BCUT2D eigenvalue weighted by Gasteiger charge is -2.10. The molecular formula is C26H21N7O6. The molecule has 0 radical (unpaired) electrons. The van der Waals surface area contributed by atoms with Crippen LogP contribution in [0.2, 0.25) is 0 Å². The van der Waals surface area contributed by atoms with Crippen molar-refractivity contribution in [3.8, 4) is 0 Å². The number of amides is 3. The average Bonchev–Trinajstić information content (AvgIpc) is 3.52. The van der Waals surface area contributed by atoms with Crippen molar-refractivity contribution in [3.63, 3.8) is 0 Å². The van der Waals surface area contributed by atoms with Crippen molar-refractivity contribution in [2.24, 2.45) is 5.73 Å². The zero-order valence-corrected chi connectivity index (χ0v) is 20.5. The molecule has 0 bridgehead atoms. The normalized spacial score (nSPS) is 11.0. The van der Waals surface area contributed by atoms with Crippen LogP contribution in [0.15, 0.2) is 59.1 Å². The minimum Gasteiger partial charge on any atom is -0.478 e. The highest BCUT2D eigenvalue weighted by Crippen LogP contribution is 2.17. The molecule has 13 nitrogen and oxygen atoms in total.